The van der Waals surface area contributed by atoms with Crippen LogP contribution in [0, 0.1) is 0 Å². The van der Waals surface area contributed by atoms with Crippen LogP contribution in [0.1, 0.15) is 44.9 Å². The van der Waals surface area contributed by atoms with E-state index in [9.17, 15) is 0 Å². The van der Waals surface area contributed by atoms with Crippen LogP contribution in [0.3, 0.4) is 0 Å². The maximum atomic E-state index is 5.81. The van der Waals surface area contributed by atoms with E-state index in [1.54, 1.807) is 0 Å². The molecule has 1 saturated carbocycles. The predicted molar refractivity (Wildman–Crippen MR) is 85.7 cm³/mol. The fraction of sp³-hybridized carbons (Fsp3) is 0.706. The standard InChI is InChI=1S/C17H27N3O/c1-4-14-9-13(11-18-15-5-6-15)10-16(19-14)20-7-8-21-17(2,3)12-20/h9-10,15,18H,4-8,11-12H2,1-3H3. The molecule has 0 amide bonds. The number of nitrogens with one attached hydrogen (secondary N) is 1. The van der Waals surface area contributed by atoms with Gasteiger partial charge in [-0.2, -0.15) is 0 Å². The Morgan fingerprint density at radius 2 is 2.19 bits per heavy atom. The third-order valence-electron chi connectivity index (χ3n) is 4.21. The van der Waals surface area contributed by atoms with Crippen LogP contribution in [-0.2, 0) is 17.7 Å². The van der Waals surface area contributed by atoms with Gasteiger partial charge in [-0.1, -0.05) is 6.92 Å². The van der Waals surface area contributed by atoms with Crippen LogP contribution in [0.15, 0.2) is 12.1 Å². The number of nitrogens with zero attached hydrogens (tertiary/aromatic N) is 2. The molecule has 21 heavy (non-hydrogen) atoms. The van der Waals surface area contributed by atoms with Crippen LogP contribution in [-0.4, -0.2) is 36.3 Å². The molecule has 3 rings (SSSR count). The van der Waals surface area contributed by atoms with Crippen molar-refractivity contribution in [2.45, 2.75) is 58.2 Å². The zero-order chi connectivity index (χ0) is 14.9. The van der Waals surface area contributed by atoms with Crippen molar-refractivity contribution in [3.8, 4) is 0 Å². The maximum Gasteiger partial charge on any atom is 0.129 e. The normalized spacial score (nSPS) is 21.6. The van der Waals surface area contributed by atoms with Gasteiger partial charge in [0.05, 0.1) is 12.2 Å². The average molecular weight is 289 g/mol. The molecule has 0 aromatic carbocycles. The Kier molecular flexibility index (Phi) is 4.18. The van der Waals surface area contributed by atoms with Crippen LogP contribution < -0.4 is 10.2 Å². The van der Waals surface area contributed by atoms with E-state index in [1.807, 2.05) is 0 Å². The number of aryl methyl sites for hydroxylation is 1. The number of ether oxygens (including phenoxy) is 1. The van der Waals surface area contributed by atoms with Gasteiger partial charge in [-0.3, -0.25) is 0 Å². The highest BCUT2D eigenvalue weighted by Gasteiger charge is 2.28. The molecule has 4 nitrogen and oxygen atoms in total. The molecular formula is C17H27N3O. The number of pyridine rings is 1. The van der Waals surface area contributed by atoms with Gasteiger partial charge < -0.3 is 15.0 Å². The molecule has 1 saturated heterocycles. The van der Waals surface area contributed by atoms with Crippen molar-refractivity contribution in [3.63, 3.8) is 0 Å². The first-order valence-corrected chi connectivity index (χ1v) is 8.18. The van der Waals surface area contributed by atoms with Crippen molar-refractivity contribution >= 4 is 5.82 Å². The topological polar surface area (TPSA) is 37.4 Å². The summed E-state index contributed by atoms with van der Waals surface area (Å²) in [5.41, 5.74) is 2.45. The molecule has 0 bridgehead atoms. The SMILES string of the molecule is CCc1cc(CNC2CC2)cc(N2CCOC(C)(C)C2)n1. The Balaban J connectivity index is 1.77. The lowest BCUT2D eigenvalue weighted by Gasteiger charge is -2.39. The van der Waals surface area contributed by atoms with Crippen molar-refractivity contribution in [1.82, 2.24) is 10.3 Å². The third kappa shape index (κ3) is 3.95. The summed E-state index contributed by atoms with van der Waals surface area (Å²) >= 11 is 0. The first-order valence-electron chi connectivity index (χ1n) is 8.18. The smallest absolute Gasteiger partial charge is 0.129 e. The van der Waals surface area contributed by atoms with Gasteiger partial charge in [0.2, 0.25) is 0 Å². The van der Waals surface area contributed by atoms with E-state index >= 15 is 0 Å². The van der Waals surface area contributed by atoms with E-state index in [0.717, 1.165) is 44.5 Å². The molecule has 2 heterocycles. The highest BCUT2D eigenvalue weighted by Crippen LogP contribution is 2.24. The van der Waals surface area contributed by atoms with E-state index in [-0.39, 0.29) is 5.60 Å². The zero-order valence-electron chi connectivity index (χ0n) is 13.5. The highest BCUT2D eigenvalue weighted by atomic mass is 16.5. The number of aromatic nitrogens is 1. The van der Waals surface area contributed by atoms with E-state index in [0.29, 0.717) is 0 Å². The fourth-order valence-corrected chi connectivity index (χ4v) is 2.84. The molecule has 0 radical (unpaired) electrons. The lowest BCUT2D eigenvalue weighted by molar-refractivity contribution is -0.0279. The zero-order valence-corrected chi connectivity index (χ0v) is 13.5. The summed E-state index contributed by atoms with van der Waals surface area (Å²) in [5.74, 6) is 1.11. The molecule has 1 N–H and O–H groups in total. The second-order valence-electron chi connectivity index (χ2n) is 6.86. The van der Waals surface area contributed by atoms with Crippen LogP contribution in [0.4, 0.5) is 5.82 Å². The van der Waals surface area contributed by atoms with Crippen LogP contribution in [0.25, 0.3) is 0 Å². The second kappa shape index (κ2) is 5.93. The number of hydrogen-bond donors (Lipinski definition) is 1. The summed E-state index contributed by atoms with van der Waals surface area (Å²) in [7, 11) is 0. The largest absolute Gasteiger partial charge is 0.372 e. The van der Waals surface area contributed by atoms with Crippen LogP contribution in [0.2, 0.25) is 0 Å². The maximum absolute atomic E-state index is 5.81. The van der Waals surface area contributed by atoms with Crippen molar-refractivity contribution in [3.05, 3.63) is 23.4 Å². The van der Waals surface area contributed by atoms with E-state index in [4.69, 9.17) is 9.72 Å². The molecule has 2 aliphatic rings. The Morgan fingerprint density at radius 1 is 1.38 bits per heavy atom. The van der Waals surface area contributed by atoms with Gasteiger partial charge in [0.15, 0.2) is 0 Å². The number of anilines is 1. The first-order chi connectivity index (χ1) is 10.1. The van der Waals surface area contributed by atoms with Crippen molar-refractivity contribution in [2.24, 2.45) is 0 Å². The van der Waals surface area contributed by atoms with E-state index in [2.05, 4.69) is 43.1 Å². The Hall–Kier alpha value is -1.13. The molecule has 1 aromatic heterocycles. The molecule has 1 aromatic rings. The number of morpholine rings is 1. The summed E-state index contributed by atoms with van der Waals surface area (Å²) in [6.45, 7) is 10.0. The average Bonchev–Trinajstić information content (AvgIpc) is 3.28. The summed E-state index contributed by atoms with van der Waals surface area (Å²) in [4.78, 5) is 7.19. The molecule has 0 spiro atoms. The van der Waals surface area contributed by atoms with Gasteiger partial charge in [-0.15, -0.1) is 0 Å². The molecule has 1 aliphatic heterocycles. The van der Waals surface area contributed by atoms with Crippen molar-refractivity contribution in [1.29, 1.82) is 0 Å². The summed E-state index contributed by atoms with van der Waals surface area (Å²) in [5, 5.41) is 3.60. The minimum Gasteiger partial charge on any atom is -0.372 e. The van der Waals surface area contributed by atoms with Gasteiger partial charge in [0.25, 0.3) is 0 Å². The van der Waals surface area contributed by atoms with Gasteiger partial charge in [-0.25, -0.2) is 4.98 Å². The summed E-state index contributed by atoms with van der Waals surface area (Å²) in [6, 6.07) is 5.23. The minimum absolute atomic E-state index is 0.0887. The van der Waals surface area contributed by atoms with Crippen LogP contribution >= 0.6 is 0 Å². The van der Waals surface area contributed by atoms with Gasteiger partial charge in [0.1, 0.15) is 5.82 Å². The molecular weight excluding hydrogens is 262 g/mol. The first kappa shape index (κ1) is 14.8. The third-order valence-corrected chi connectivity index (χ3v) is 4.21. The monoisotopic (exact) mass is 289 g/mol. The summed E-state index contributed by atoms with van der Waals surface area (Å²) < 4.78 is 5.81. The van der Waals surface area contributed by atoms with Gasteiger partial charge in [0, 0.05) is 31.4 Å². The fourth-order valence-electron chi connectivity index (χ4n) is 2.84. The Labute approximate surface area is 127 Å². The lowest BCUT2D eigenvalue weighted by Crippen LogP contribution is -2.48. The van der Waals surface area contributed by atoms with Crippen molar-refractivity contribution in [2.75, 3.05) is 24.6 Å². The Bertz CT molecular complexity index is 497. The molecule has 2 fully saturated rings. The van der Waals surface area contributed by atoms with Gasteiger partial charge in [-0.05, 0) is 50.8 Å². The second-order valence-corrected chi connectivity index (χ2v) is 6.86. The predicted octanol–water partition coefficient (Wildman–Crippen LogP) is 2.51. The van der Waals surface area contributed by atoms with Crippen molar-refractivity contribution < 1.29 is 4.74 Å². The molecule has 0 unspecified atom stereocenters. The lowest BCUT2D eigenvalue weighted by atomic mass is 10.1. The number of hydrogen-bond acceptors (Lipinski definition) is 4. The highest BCUT2D eigenvalue weighted by molar-refractivity contribution is 5.44. The quantitative estimate of drug-likeness (QED) is 0.904. The molecule has 4 heteroatoms. The molecule has 1 aliphatic carbocycles. The van der Waals surface area contributed by atoms with Crippen LogP contribution in [0.5, 0.6) is 0 Å². The minimum atomic E-state index is -0.0887. The molecule has 116 valence electrons. The summed E-state index contributed by atoms with van der Waals surface area (Å²) in [6.07, 6.45) is 3.64. The molecule has 0 atom stereocenters. The Morgan fingerprint density at radius 3 is 2.86 bits per heavy atom. The van der Waals surface area contributed by atoms with Gasteiger partial charge >= 0.3 is 0 Å². The van der Waals surface area contributed by atoms with E-state index < -0.39 is 0 Å². The number of rotatable bonds is 5. The van der Waals surface area contributed by atoms with E-state index in [1.165, 1.54) is 24.1 Å².